The Hall–Kier alpha value is -0.610. The molecule has 4 nitrogen and oxygen atoms in total. The molecule has 1 amide bonds. The number of likely N-dealkylation sites (N-methyl/N-ethyl adjacent to an activating group) is 2. The van der Waals surface area contributed by atoms with Gasteiger partial charge in [0, 0.05) is 19.6 Å². The van der Waals surface area contributed by atoms with Gasteiger partial charge >= 0.3 is 0 Å². The third kappa shape index (κ3) is 2.42. The second-order valence-corrected chi connectivity index (χ2v) is 3.94. The van der Waals surface area contributed by atoms with Gasteiger partial charge in [-0.25, -0.2) is 0 Å². The highest BCUT2D eigenvalue weighted by Gasteiger charge is 2.27. The largest absolute Gasteiger partial charge is 0.340 e. The normalized spacial score (nSPS) is 26.0. The summed E-state index contributed by atoms with van der Waals surface area (Å²) in [5.41, 5.74) is 5.53. The van der Waals surface area contributed by atoms with Gasteiger partial charge < -0.3 is 15.5 Å². The van der Waals surface area contributed by atoms with E-state index in [1.165, 1.54) is 0 Å². The fourth-order valence-corrected chi connectivity index (χ4v) is 1.73. The quantitative estimate of drug-likeness (QED) is 0.631. The van der Waals surface area contributed by atoms with Crippen molar-refractivity contribution in [3.05, 3.63) is 0 Å². The van der Waals surface area contributed by atoms with Gasteiger partial charge in [-0.15, -0.1) is 0 Å². The lowest BCUT2D eigenvalue weighted by molar-refractivity contribution is -0.132. The van der Waals surface area contributed by atoms with E-state index in [0.29, 0.717) is 6.04 Å². The first kappa shape index (κ1) is 10.5. The predicted octanol–water partition coefficient (Wildman–Crippen LogP) is -0.504. The number of likely N-dealkylation sites (tertiary alicyclic amines) is 1. The van der Waals surface area contributed by atoms with Crippen LogP contribution in [0.15, 0.2) is 0 Å². The zero-order valence-corrected chi connectivity index (χ0v) is 8.66. The number of hydrogen-bond donors (Lipinski definition) is 1. The Bertz CT molecular complexity index is 193. The molecule has 0 bridgehead atoms. The van der Waals surface area contributed by atoms with Gasteiger partial charge in [0.1, 0.15) is 0 Å². The summed E-state index contributed by atoms with van der Waals surface area (Å²) in [4.78, 5) is 15.5. The third-order valence-electron chi connectivity index (χ3n) is 2.65. The molecule has 76 valence electrons. The molecule has 0 aromatic heterocycles. The Morgan fingerprint density at radius 2 is 2.31 bits per heavy atom. The van der Waals surface area contributed by atoms with Crippen LogP contribution in [0.5, 0.6) is 0 Å². The topological polar surface area (TPSA) is 49.6 Å². The molecule has 13 heavy (non-hydrogen) atoms. The molecule has 1 fully saturated rings. The second-order valence-electron chi connectivity index (χ2n) is 3.94. The number of nitrogens with two attached hydrogens (primary N) is 1. The molecular weight excluding hydrogens is 166 g/mol. The minimum Gasteiger partial charge on any atom is -0.340 e. The Morgan fingerprint density at radius 3 is 2.69 bits per heavy atom. The fraction of sp³-hybridized carbons (Fsp3) is 0.889. The maximum Gasteiger partial charge on any atom is 0.239 e. The van der Waals surface area contributed by atoms with Crippen molar-refractivity contribution in [3.63, 3.8) is 0 Å². The van der Waals surface area contributed by atoms with Crippen molar-refractivity contribution in [2.75, 3.05) is 27.2 Å². The molecule has 4 heteroatoms. The van der Waals surface area contributed by atoms with Crippen LogP contribution >= 0.6 is 0 Å². The lowest BCUT2D eigenvalue weighted by Gasteiger charge is -2.25. The molecular formula is C9H19N3O. The van der Waals surface area contributed by atoms with Crippen LogP contribution in [-0.2, 0) is 4.79 Å². The molecule has 0 radical (unpaired) electrons. The summed E-state index contributed by atoms with van der Waals surface area (Å²) >= 11 is 0. The van der Waals surface area contributed by atoms with Gasteiger partial charge in [-0.2, -0.15) is 0 Å². The second kappa shape index (κ2) is 4.07. The zero-order chi connectivity index (χ0) is 10.0. The van der Waals surface area contributed by atoms with E-state index < -0.39 is 0 Å². The van der Waals surface area contributed by atoms with Crippen LogP contribution in [0.4, 0.5) is 0 Å². The molecule has 1 aliphatic rings. The van der Waals surface area contributed by atoms with Gasteiger partial charge in [-0.1, -0.05) is 0 Å². The van der Waals surface area contributed by atoms with Crippen molar-refractivity contribution in [1.29, 1.82) is 0 Å². The standard InChI is InChI=1S/C9H19N3O/c1-7(10)9(13)12(3)8-4-5-11(2)6-8/h7-8H,4-6,10H2,1-3H3/t7-,8-/m0/s1. The number of amides is 1. The van der Waals surface area contributed by atoms with Crippen LogP contribution < -0.4 is 5.73 Å². The number of rotatable bonds is 2. The van der Waals surface area contributed by atoms with Gasteiger partial charge in [0.25, 0.3) is 0 Å². The van der Waals surface area contributed by atoms with Crippen LogP contribution in [0.2, 0.25) is 0 Å². The van der Waals surface area contributed by atoms with E-state index in [4.69, 9.17) is 5.73 Å². The average molecular weight is 185 g/mol. The van der Waals surface area contributed by atoms with Crippen molar-refractivity contribution >= 4 is 5.91 Å². The molecule has 1 aliphatic heterocycles. The number of hydrogen-bond acceptors (Lipinski definition) is 3. The zero-order valence-electron chi connectivity index (χ0n) is 8.66. The maximum absolute atomic E-state index is 11.5. The highest BCUT2D eigenvalue weighted by atomic mass is 16.2. The Labute approximate surface area is 79.7 Å². The lowest BCUT2D eigenvalue weighted by atomic mass is 10.2. The first-order valence-electron chi connectivity index (χ1n) is 4.73. The number of carbonyl (C=O) groups excluding carboxylic acids is 1. The van der Waals surface area contributed by atoms with Crippen LogP contribution in [-0.4, -0.2) is 55.0 Å². The lowest BCUT2D eigenvalue weighted by Crippen LogP contribution is -2.46. The van der Waals surface area contributed by atoms with Gasteiger partial charge in [0.2, 0.25) is 5.91 Å². The summed E-state index contributed by atoms with van der Waals surface area (Å²) in [6, 6.07) is -0.0283. The van der Waals surface area contributed by atoms with Crippen molar-refractivity contribution < 1.29 is 4.79 Å². The first-order valence-corrected chi connectivity index (χ1v) is 4.73. The Morgan fingerprint density at radius 1 is 1.69 bits per heavy atom. The summed E-state index contributed by atoms with van der Waals surface area (Å²) in [6.45, 7) is 3.77. The van der Waals surface area contributed by atoms with Crippen molar-refractivity contribution in [3.8, 4) is 0 Å². The third-order valence-corrected chi connectivity index (χ3v) is 2.65. The van der Waals surface area contributed by atoms with Gasteiger partial charge in [-0.3, -0.25) is 4.79 Å². The van der Waals surface area contributed by atoms with E-state index in [2.05, 4.69) is 11.9 Å². The van der Waals surface area contributed by atoms with Crippen molar-refractivity contribution in [2.45, 2.75) is 25.4 Å². The molecule has 0 aromatic carbocycles. The van der Waals surface area contributed by atoms with Crippen molar-refractivity contribution in [1.82, 2.24) is 9.80 Å². The molecule has 0 aliphatic carbocycles. The minimum atomic E-state index is -0.379. The van der Waals surface area contributed by atoms with E-state index in [0.717, 1.165) is 19.5 Å². The first-order chi connectivity index (χ1) is 6.02. The molecule has 2 N–H and O–H groups in total. The van der Waals surface area contributed by atoms with E-state index in [1.807, 2.05) is 7.05 Å². The Balaban J connectivity index is 2.48. The van der Waals surface area contributed by atoms with Crippen LogP contribution in [0.1, 0.15) is 13.3 Å². The maximum atomic E-state index is 11.5. The molecule has 1 heterocycles. The van der Waals surface area contributed by atoms with Crippen LogP contribution in [0, 0.1) is 0 Å². The van der Waals surface area contributed by atoms with E-state index in [1.54, 1.807) is 11.8 Å². The number of nitrogens with zero attached hydrogens (tertiary/aromatic N) is 2. The highest BCUT2D eigenvalue weighted by Crippen LogP contribution is 2.12. The van der Waals surface area contributed by atoms with Crippen LogP contribution in [0.25, 0.3) is 0 Å². The van der Waals surface area contributed by atoms with Crippen molar-refractivity contribution in [2.24, 2.45) is 5.73 Å². The summed E-state index contributed by atoms with van der Waals surface area (Å²) in [7, 11) is 3.92. The van der Waals surface area contributed by atoms with E-state index in [-0.39, 0.29) is 11.9 Å². The minimum absolute atomic E-state index is 0.0419. The molecule has 2 atom stereocenters. The molecule has 1 saturated heterocycles. The molecule has 0 unspecified atom stereocenters. The van der Waals surface area contributed by atoms with E-state index >= 15 is 0 Å². The highest BCUT2D eigenvalue weighted by molar-refractivity contribution is 5.81. The average Bonchev–Trinajstić information content (AvgIpc) is 2.49. The number of carbonyl (C=O) groups is 1. The molecule has 0 aromatic rings. The Kier molecular flexibility index (Phi) is 3.27. The van der Waals surface area contributed by atoms with Gasteiger partial charge in [0.05, 0.1) is 6.04 Å². The van der Waals surface area contributed by atoms with Gasteiger partial charge in [-0.05, 0) is 26.9 Å². The summed E-state index contributed by atoms with van der Waals surface area (Å²) in [5, 5.41) is 0. The van der Waals surface area contributed by atoms with E-state index in [9.17, 15) is 4.79 Å². The smallest absolute Gasteiger partial charge is 0.239 e. The predicted molar refractivity (Wildman–Crippen MR) is 52.3 cm³/mol. The molecule has 0 spiro atoms. The molecule has 0 saturated carbocycles. The fourth-order valence-electron chi connectivity index (χ4n) is 1.73. The van der Waals surface area contributed by atoms with Crippen LogP contribution in [0.3, 0.4) is 0 Å². The SMILES string of the molecule is C[C@H](N)C(=O)N(C)[C@H]1CCN(C)C1. The summed E-state index contributed by atoms with van der Waals surface area (Å²) in [6.07, 6.45) is 1.06. The monoisotopic (exact) mass is 185 g/mol. The summed E-state index contributed by atoms with van der Waals surface area (Å²) in [5.74, 6) is 0.0419. The van der Waals surface area contributed by atoms with Gasteiger partial charge in [0.15, 0.2) is 0 Å². The molecule has 1 rings (SSSR count). The summed E-state index contributed by atoms with van der Waals surface area (Å²) < 4.78 is 0.